The summed E-state index contributed by atoms with van der Waals surface area (Å²) in [6.07, 6.45) is 0.584. The van der Waals surface area contributed by atoms with Crippen molar-refractivity contribution in [2.45, 2.75) is 44.4 Å². The number of thioether (sulfide) groups is 1. The molecule has 0 aliphatic carbocycles. The number of nitrogens with zero attached hydrogens (tertiary/aromatic N) is 2. The van der Waals surface area contributed by atoms with Crippen molar-refractivity contribution in [3.63, 3.8) is 0 Å². The van der Waals surface area contributed by atoms with Gasteiger partial charge < -0.3 is 10.1 Å². The number of ether oxygens (including phenoxy) is 1. The highest BCUT2D eigenvalue weighted by Crippen LogP contribution is 2.37. The molecule has 0 aliphatic heterocycles. The number of amides is 1. The minimum absolute atomic E-state index is 0.111. The molecule has 1 atom stereocenters. The Labute approximate surface area is 228 Å². The van der Waals surface area contributed by atoms with Gasteiger partial charge in [-0.3, -0.25) is 4.79 Å². The van der Waals surface area contributed by atoms with Crippen LogP contribution in [-0.2, 0) is 4.79 Å². The predicted octanol–water partition coefficient (Wildman–Crippen LogP) is 7.73. The summed E-state index contributed by atoms with van der Waals surface area (Å²) in [4.78, 5) is 18.2. The lowest BCUT2D eigenvalue weighted by Gasteiger charge is -2.18. The largest absolute Gasteiger partial charge is 0.497 e. The van der Waals surface area contributed by atoms with Crippen LogP contribution in [0.1, 0.15) is 35.6 Å². The summed E-state index contributed by atoms with van der Waals surface area (Å²) in [6, 6.07) is 26.1. The maximum atomic E-state index is 13.3. The van der Waals surface area contributed by atoms with Crippen molar-refractivity contribution in [2.24, 2.45) is 0 Å². The summed E-state index contributed by atoms with van der Waals surface area (Å²) in [7, 11) is 1.63. The molecule has 0 bridgehead atoms. The van der Waals surface area contributed by atoms with E-state index in [-0.39, 0.29) is 5.91 Å². The minimum atomic E-state index is -0.424. The molecule has 1 N–H and O–H groups in total. The molecule has 0 radical (unpaired) electrons. The minimum Gasteiger partial charge on any atom is -0.497 e. The molecule has 38 heavy (non-hydrogen) atoms. The highest BCUT2D eigenvalue weighted by Gasteiger charge is 2.23. The standard InChI is InChI=1S/C32H31N3O2S/c1-6-30(31(36)34-25-16-21(3)15-22(4)17-25)38-32-28(19-33)27(23-9-7-20(2)8-10-23)18-29(35-32)24-11-13-26(37-5)14-12-24/h7-18,30H,6H2,1-5H3,(H,34,36). The van der Waals surface area contributed by atoms with Crippen LogP contribution in [0.5, 0.6) is 5.75 Å². The molecule has 1 aromatic heterocycles. The summed E-state index contributed by atoms with van der Waals surface area (Å²) in [6.45, 7) is 8.02. The van der Waals surface area contributed by atoms with Crippen LogP contribution in [0.15, 0.2) is 77.8 Å². The van der Waals surface area contributed by atoms with Crippen LogP contribution < -0.4 is 10.1 Å². The summed E-state index contributed by atoms with van der Waals surface area (Å²) >= 11 is 1.33. The monoisotopic (exact) mass is 521 g/mol. The van der Waals surface area contributed by atoms with Crippen LogP contribution in [0.25, 0.3) is 22.4 Å². The number of anilines is 1. The van der Waals surface area contributed by atoms with Gasteiger partial charge in [0.15, 0.2) is 0 Å². The second kappa shape index (κ2) is 12.0. The van der Waals surface area contributed by atoms with Gasteiger partial charge in [0.1, 0.15) is 16.8 Å². The number of carbonyl (C=O) groups excluding carboxylic acids is 1. The average Bonchev–Trinajstić information content (AvgIpc) is 2.91. The molecule has 4 aromatic rings. The lowest BCUT2D eigenvalue weighted by molar-refractivity contribution is -0.115. The molecule has 3 aromatic carbocycles. The SMILES string of the molecule is CCC(Sc1nc(-c2ccc(OC)cc2)cc(-c2ccc(C)cc2)c1C#N)C(=O)Nc1cc(C)cc(C)c1. The Morgan fingerprint density at radius 1 is 0.947 bits per heavy atom. The number of aromatic nitrogens is 1. The summed E-state index contributed by atoms with van der Waals surface area (Å²) in [5, 5.41) is 13.4. The summed E-state index contributed by atoms with van der Waals surface area (Å²) in [5.41, 5.74) is 7.90. The van der Waals surface area contributed by atoms with Gasteiger partial charge in [-0.25, -0.2) is 4.98 Å². The van der Waals surface area contributed by atoms with Gasteiger partial charge in [0.05, 0.1) is 23.6 Å². The zero-order valence-electron chi connectivity index (χ0n) is 22.3. The van der Waals surface area contributed by atoms with Gasteiger partial charge in [-0.15, -0.1) is 0 Å². The molecule has 0 spiro atoms. The first kappa shape index (κ1) is 27.0. The van der Waals surface area contributed by atoms with Gasteiger partial charge in [-0.1, -0.05) is 54.6 Å². The van der Waals surface area contributed by atoms with E-state index in [9.17, 15) is 10.1 Å². The van der Waals surface area contributed by atoms with Crippen LogP contribution >= 0.6 is 11.8 Å². The van der Waals surface area contributed by atoms with E-state index >= 15 is 0 Å². The fourth-order valence-electron chi connectivity index (χ4n) is 4.31. The van der Waals surface area contributed by atoms with E-state index in [4.69, 9.17) is 9.72 Å². The quantitative estimate of drug-likeness (QED) is 0.240. The average molecular weight is 522 g/mol. The Morgan fingerprint density at radius 3 is 2.16 bits per heavy atom. The van der Waals surface area contributed by atoms with E-state index in [2.05, 4.69) is 17.5 Å². The lowest BCUT2D eigenvalue weighted by Crippen LogP contribution is -2.25. The van der Waals surface area contributed by atoms with Crippen molar-refractivity contribution in [3.8, 4) is 34.2 Å². The maximum Gasteiger partial charge on any atom is 0.237 e. The number of benzene rings is 3. The van der Waals surface area contributed by atoms with E-state index in [1.54, 1.807) is 7.11 Å². The Bertz CT molecular complexity index is 1470. The van der Waals surface area contributed by atoms with Crippen LogP contribution in [0.3, 0.4) is 0 Å². The molecule has 0 saturated heterocycles. The Morgan fingerprint density at radius 2 is 1.58 bits per heavy atom. The molecule has 0 aliphatic rings. The van der Waals surface area contributed by atoms with Crippen LogP contribution in [-0.4, -0.2) is 23.3 Å². The predicted molar refractivity (Wildman–Crippen MR) is 156 cm³/mol. The van der Waals surface area contributed by atoms with Gasteiger partial charge in [0, 0.05) is 16.8 Å². The Kier molecular flexibility index (Phi) is 8.50. The maximum absolute atomic E-state index is 13.3. The van der Waals surface area contributed by atoms with E-state index in [1.807, 2.05) is 94.4 Å². The fourth-order valence-corrected chi connectivity index (χ4v) is 5.34. The second-order valence-electron chi connectivity index (χ2n) is 9.32. The first-order valence-electron chi connectivity index (χ1n) is 12.5. The highest BCUT2D eigenvalue weighted by molar-refractivity contribution is 8.00. The normalized spacial score (nSPS) is 11.5. The Balaban J connectivity index is 1.76. The van der Waals surface area contributed by atoms with E-state index < -0.39 is 5.25 Å². The van der Waals surface area contributed by atoms with Crippen LogP contribution in [0.4, 0.5) is 5.69 Å². The number of nitriles is 1. The van der Waals surface area contributed by atoms with Crippen LogP contribution in [0.2, 0.25) is 0 Å². The number of pyridine rings is 1. The second-order valence-corrected chi connectivity index (χ2v) is 10.5. The first-order valence-corrected chi connectivity index (χ1v) is 13.4. The molecule has 1 amide bonds. The van der Waals surface area contributed by atoms with Crippen molar-refractivity contribution in [3.05, 3.63) is 95.1 Å². The van der Waals surface area contributed by atoms with Gasteiger partial charge >= 0.3 is 0 Å². The lowest BCUT2D eigenvalue weighted by atomic mass is 9.98. The zero-order valence-corrected chi connectivity index (χ0v) is 23.1. The third-order valence-corrected chi connectivity index (χ3v) is 7.60. The number of aryl methyl sites for hydroxylation is 3. The van der Waals surface area contributed by atoms with Crippen LogP contribution in [0, 0.1) is 32.1 Å². The molecular weight excluding hydrogens is 490 g/mol. The van der Waals surface area contributed by atoms with E-state index in [1.165, 1.54) is 11.8 Å². The number of carbonyl (C=O) groups is 1. The molecule has 0 fully saturated rings. The van der Waals surface area contributed by atoms with E-state index in [0.29, 0.717) is 17.0 Å². The smallest absolute Gasteiger partial charge is 0.237 e. The topological polar surface area (TPSA) is 75.0 Å². The molecule has 6 heteroatoms. The number of hydrogen-bond donors (Lipinski definition) is 1. The molecule has 1 heterocycles. The van der Waals surface area contributed by atoms with Crippen molar-refractivity contribution >= 4 is 23.4 Å². The zero-order chi connectivity index (χ0) is 27.2. The van der Waals surface area contributed by atoms with Gasteiger partial charge in [0.25, 0.3) is 0 Å². The number of rotatable bonds is 8. The summed E-state index contributed by atoms with van der Waals surface area (Å²) in [5.74, 6) is 0.643. The molecule has 1 unspecified atom stereocenters. The van der Waals surface area contributed by atoms with Crippen molar-refractivity contribution in [2.75, 3.05) is 12.4 Å². The summed E-state index contributed by atoms with van der Waals surface area (Å²) < 4.78 is 5.31. The Hall–Kier alpha value is -4.08. The van der Waals surface area contributed by atoms with Gasteiger partial charge in [-0.2, -0.15) is 5.26 Å². The van der Waals surface area contributed by atoms with Gasteiger partial charge in [0.2, 0.25) is 5.91 Å². The first-order chi connectivity index (χ1) is 18.3. The number of methoxy groups -OCH3 is 1. The van der Waals surface area contributed by atoms with E-state index in [0.717, 1.165) is 50.5 Å². The van der Waals surface area contributed by atoms with Crippen molar-refractivity contribution < 1.29 is 9.53 Å². The third-order valence-electron chi connectivity index (χ3n) is 6.25. The fraction of sp³-hybridized carbons (Fsp3) is 0.219. The molecule has 0 saturated carbocycles. The van der Waals surface area contributed by atoms with Gasteiger partial charge in [-0.05, 0) is 86.3 Å². The molecule has 4 rings (SSSR count). The molecule has 5 nitrogen and oxygen atoms in total. The third kappa shape index (κ3) is 6.24. The van der Waals surface area contributed by atoms with Crippen molar-refractivity contribution in [1.82, 2.24) is 4.98 Å². The molecule has 192 valence electrons. The molecular formula is C32H31N3O2S. The number of hydrogen-bond acceptors (Lipinski definition) is 5. The van der Waals surface area contributed by atoms with Crippen molar-refractivity contribution in [1.29, 1.82) is 5.26 Å². The highest BCUT2D eigenvalue weighted by atomic mass is 32.2. The number of nitrogens with one attached hydrogen (secondary N) is 1.